The van der Waals surface area contributed by atoms with Crippen molar-refractivity contribution in [1.29, 1.82) is 0 Å². The molecule has 0 heterocycles. The van der Waals surface area contributed by atoms with Gasteiger partial charge in [-0.3, -0.25) is 0 Å². The van der Waals surface area contributed by atoms with E-state index in [0.717, 1.165) is 179 Å². The maximum absolute atomic E-state index is 16.6. The minimum absolute atomic E-state index is 0.383. The highest BCUT2D eigenvalue weighted by Crippen LogP contribution is 2.66. The van der Waals surface area contributed by atoms with Crippen molar-refractivity contribution in [3.63, 3.8) is 0 Å². The summed E-state index contributed by atoms with van der Waals surface area (Å²) in [7, 11) is 0. The molecule has 0 N–H and O–H groups in total. The number of hydrogen-bond acceptors (Lipinski definition) is 4. The van der Waals surface area contributed by atoms with Gasteiger partial charge in [-0.05, 0) is 269 Å². The van der Waals surface area contributed by atoms with Crippen LogP contribution in [-0.2, 0) is 29.5 Å². The molecular formula is C109H78F4N2O2. The Morgan fingerprint density at radius 2 is 0.556 bits per heavy atom. The fraction of sp³-hybridized carbons (Fsp3) is 0.0826. The normalized spacial score (nSPS) is 15.9. The summed E-state index contributed by atoms with van der Waals surface area (Å²) in [5.41, 5.74) is 30.4. The molecule has 0 saturated carbocycles. The van der Waals surface area contributed by atoms with E-state index in [-0.39, 0.29) is 0 Å². The summed E-state index contributed by atoms with van der Waals surface area (Å²) in [6.45, 7) is 17.3. The van der Waals surface area contributed by atoms with E-state index in [1.165, 1.54) is 24.3 Å². The molecule has 0 radical (unpaired) electrons. The van der Waals surface area contributed by atoms with Gasteiger partial charge in [-0.2, -0.15) is 0 Å². The number of hydrogen-bond donors (Lipinski definition) is 0. The highest BCUT2D eigenvalue weighted by Gasteiger charge is 2.54. The first kappa shape index (κ1) is 71.9. The summed E-state index contributed by atoms with van der Waals surface area (Å²) in [6, 6.07) is 116. The predicted octanol–water partition coefficient (Wildman–Crippen LogP) is 27.9. The summed E-state index contributed by atoms with van der Waals surface area (Å²) in [5, 5.41) is 0. The average Bonchev–Trinajstić information content (AvgIpc) is 1.53. The van der Waals surface area contributed by atoms with Gasteiger partial charge in [0.05, 0.1) is 16.2 Å². The second kappa shape index (κ2) is 28.2. The smallest absolute Gasteiger partial charge is 0.160 e. The third-order valence-electron chi connectivity index (χ3n) is 24.9. The lowest BCUT2D eigenvalue weighted by Crippen LogP contribution is -2.30. The Balaban J connectivity index is 0.766. The fourth-order valence-corrected chi connectivity index (χ4v) is 19.6. The molecular weight excluding hydrogens is 1450 g/mol. The summed E-state index contributed by atoms with van der Waals surface area (Å²) in [6.07, 6.45) is 3.66. The van der Waals surface area contributed by atoms with Crippen LogP contribution in [0, 0.1) is 51.0 Å². The summed E-state index contributed by atoms with van der Waals surface area (Å²) >= 11 is 0. The van der Waals surface area contributed by atoms with Gasteiger partial charge in [-0.15, -0.1) is 0 Å². The average molecular weight is 1520 g/mol. The molecule has 2 atom stereocenters. The van der Waals surface area contributed by atoms with E-state index in [2.05, 4.69) is 330 Å². The molecule has 1 spiro atoms. The van der Waals surface area contributed by atoms with Crippen molar-refractivity contribution in [3.8, 4) is 56.0 Å². The van der Waals surface area contributed by atoms with Gasteiger partial charge >= 0.3 is 0 Å². The Bertz CT molecular complexity index is 6340. The zero-order valence-electron chi connectivity index (χ0n) is 65.0. The number of fused-ring (bicyclic) bond motifs is 16. The van der Waals surface area contributed by atoms with E-state index in [1.807, 2.05) is 36.4 Å². The largest absolute Gasteiger partial charge is 0.489 e. The Morgan fingerprint density at radius 1 is 0.265 bits per heavy atom. The highest BCUT2D eigenvalue weighted by molar-refractivity contribution is 5.99. The summed E-state index contributed by atoms with van der Waals surface area (Å²) < 4.78 is 77.7. The molecule has 16 aromatic carbocycles. The Hall–Kier alpha value is -14.1. The molecule has 0 saturated heterocycles. The van der Waals surface area contributed by atoms with Crippen LogP contribution < -0.4 is 19.3 Å². The van der Waals surface area contributed by atoms with Gasteiger partial charge in [0, 0.05) is 46.3 Å². The van der Waals surface area contributed by atoms with Gasteiger partial charge in [0.25, 0.3) is 0 Å². The van der Waals surface area contributed by atoms with Crippen molar-refractivity contribution in [2.45, 2.75) is 57.2 Å². The molecule has 8 heteroatoms. The van der Waals surface area contributed by atoms with Crippen molar-refractivity contribution < 1.29 is 27.0 Å². The topological polar surface area (TPSA) is 24.9 Å². The van der Waals surface area contributed by atoms with Gasteiger partial charge in [0.1, 0.15) is 24.7 Å². The van der Waals surface area contributed by atoms with E-state index in [0.29, 0.717) is 36.0 Å². The minimum atomic E-state index is -1.02. The van der Waals surface area contributed by atoms with Crippen LogP contribution in [0.3, 0.4) is 0 Å². The lowest BCUT2D eigenvalue weighted by molar-refractivity contribution is 0.306. The third-order valence-corrected chi connectivity index (χ3v) is 24.9. The number of ether oxygens (including phenoxy) is 2. The van der Waals surface area contributed by atoms with Crippen molar-refractivity contribution in [1.82, 2.24) is 0 Å². The first-order chi connectivity index (χ1) is 57.1. The molecule has 0 aliphatic heterocycles. The standard InChI is InChI=1S/C109H78F4N2O2/c1-7-71-29-33-73(34-30-71)65-116-83-47-37-75(38-48-83)107(97-57-67(3)25-27-69(97)5)93-21-13-9-17-85(93)89-51-41-77(59-99(89)107)114(81-45-55-103(110)105(112)63-81)79-43-53-91-87-19-11-15-23-95(87)109(101(91)61-79)96-24-16-12-20-88(96)92-54-44-80(62-102(92)109)115(82-46-56-104(111)106(113)64-82)78-42-52-90-86-18-10-14-22-94(86)108(100(90)60-78,98-58-68(4)26-28-70(98)6)76-39-49-84(50-40-76)117-66-74-35-31-72(8-2)32-36-74/h7-64H,1-2,65-66H2,3-6H3. The van der Waals surface area contributed by atoms with Crippen LogP contribution in [0.25, 0.3) is 56.7 Å². The lowest BCUT2D eigenvalue weighted by atomic mass is 9.66. The van der Waals surface area contributed by atoms with Crippen molar-refractivity contribution >= 4 is 46.3 Å². The first-order valence-corrected chi connectivity index (χ1v) is 39.7. The molecule has 16 aromatic rings. The van der Waals surface area contributed by atoms with Crippen LogP contribution in [0.2, 0.25) is 0 Å². The molecule has 117 heavy (non-hydrogen) atoms. The molecule has 4 nitrogen and oxygen atoms in total. The number of rotatable bonds is 18. The lowest BCUT2D eigenvalue weighted by Gasteiger charge is -2.36. The van der Waals surface area contributed by atoms with Gasteiger partial charge in [-0.25, -0.2) is 17.6 Å². The van der Waals surface area contributed by atoms with E-state index in [1.54, 1.807) is 12.1 Å². The van der Waals surface area contributed by atoms with Crippen LogP contribution in [0.15, 0.2) is 353 Å². The minimum Gasteiger partial charge on any atom is -0.489 e. The molecule has 4 aliphatic rings. The van der Waals surface area contributed by atoms with Gasteiger partial charge in [0.15, 0.2) is 23.3 Å². The maximum atomic E-state index is 16.6. The molecule has 20 rings (SSSR count). The highest BCUT2D eigenvalue weighted by atomic mass is 19.2. The summed E-state index contributed by atoms with van der Waals surface area (Å²) in [5.74, 6) is -2.45. The summed E-state index contributed by atoms with van der Waals surface area (Å²) in [4.78, 5) is 4.13. The van der Waals surface area contributed by atoms with Crippen molar-refractivity contribution in [2.24, 2.45) is 0 Å². The third kappa shape index (κ3) is 11.3. The van der Waals surface area contributed by atoms with Gasteiger partial charge in [-0.1, -0.05) is 267 Å². The predicted molar refractivity (Wildman–Crippen MR) is 467 cm³/mol. The first-order valence-electron chi connectivity index (χ1n) is 39.7. The van der Waals surface area contributed by atoms with E-state index in [9.17, 15) is 0 Å². The molecule has 0 amide bonds. The number of halogens is 4. The second-order valence-electron chi connectivity index (χ2n) is 31.4. The zero-order chi connectivity index (χ0) is 79.6. The number of aryl methyl sites for hydroxylation is 4. The zero-order valence-corrected chi connectivity index (χ0v) is 65.0. The van der Waals surface area contributed by atoms with E-state index < -0.39 is 39.5 Å². The van der Waals surface area contributed by atoms with Crippen molar-refractivity contribution in [3.05, 3.63) is 487 Å². The Kier molecular flexibility index (Phi) is 17.3. The van der Waals surface area contributed by atoms with Gasteiger partial charge < -0.3 is 19.3 Å². The molecule has 0 fully saturated rings. The Morgan fingerprint density at radius 3 is 0.880 bits per heavy atom. The van der Waals surface area contributed by atoms with Crippen LogP contribution >= 0.6 is 0 Å². The number of nitrogens with zero attached hydrogens (tertiary/aromatic N) is 2. The van der Waals surface area contributed by atoms with E-state index in [4.69, 9.17) is 9.47 Å². The Labute approximate surface area is 679 Å². The maximum Gasteiger partial charge on any atom is 0.160 e. The molecule has 0 bridgehead atoms. The molecule has 4 aliphatic carbocycles. The molecule has 2 unspecified atom stereocenters. The fourth-order valence-electron chi connectivity index (χ4n) is 19.6. The van der Waals surface area contributed by atoms with Gasteiger partial charge in [0.2, 0.25) is 0 Å². The number of anilines is 6. The monoisotopic (exact) mass is 1520 g/mol. The van der Waals surface area contributed by atoms with E-state index >= 15 is 17.6 Å². The van der Waals surface area contributed by atoms with Crippen LogP contribution in [-0.4, -0.2) is 0 Å². The molecule has 0 aromatic heterocycles. The molecule has 564 valence electrons. The van der Waals surface area contributed by atoms with Crippen molar-refractivity contribution in [2.75, 3.05) is 9.80 Å². The second-order valence-corrected chi connectivity index (χ2v) is 31.4. The van der Waals surface area contributed by atoms with Crippen LogP contribution in [0.1, 0.15) is 111 Å². The SMILES string of the molecule is C=Cc1ccc(COc2ccc(C3(c4cc(C)ccc4C)c4ccccc4-c4ccc(N(c5ccc(F)c(F)c5)c5ccc6c(c5)C5(c7ccccc7-6)c6ccccc6-c6ccc(N(c7ccc(F)c(F)c7)c7ccc8c(c7)C(c7ccc(OCc9ccc(C=C)cc9)cc7)(c7cc(C)ccc7C)c7ccccc7-8)cc65)cc43)cc2)cc1. The van der Waals surface area contributed by atoms with Crippen LogP contribution in [0.5, 0.6) is 11.5 Å². The van der Waals surface area contributed by atoms with Crippen LogP contribution in [0.4, 0.5) is 51.7 Å². The quantitative estimate of drug-likeness (QED) is 0.0800. The number of benzene rings is 16.